The van der Waals surface area contributed by atoms with Crippen LogP contribution < -0.4 is 15.1 Å². The van der Waals surface area contributed by atoms with Crippen molar-refractivity contribution in [3.05, 3.63) is 35.9 Å². The predicted octanol–water partition coefficient (Wildman–Crippen LogP) is 1.90. The zero-order valence-electron chi connectivity index (χ0n) is 14.0. The lowest BCUT2D eigenvalue weighted by Crippen LogP contribution is -2.36. The molecular formula is C16H17F2N3O4S2. The lowest BCUT2D eigenvalue weighted by molar-refractivity contribution is 0.142. The minimum Gasteiger partial charge on any atom is -0.442 e. The van der Waals surface area contributed by atoms with E-state index in [-0.39, 0.29) is 18.8 Å². The van der Waals surface area contributed by atoms with E-state index in [0.717, 1.165) is 5.69 Å². The highest BCUT2D eigenvalue weighted by Gasteiger charge is 2.32. The highest BCUT2D eigenvalue weighted by Crippen LogP contribution is 2.26. The van der Waals surface area contributed by atoms with Crippen LogP contribution in [-0.2, 0) is 14.6 Å². The number of sulfone groups is 1. The molecule has 2 heterocycles. The van der Waals surface area contributed by atoms with Crippen molar-refractivity contribution in [2.75, 3.05) is 35.2 Å². The summed E-state index contributed by atoms with van der Waals surface area (Å²) in [6.07, 6.45) is -2.41. The number of hydrogen-bond acceptors (Lipinski definition) is 6. The Morgan fingerprint density at radius 3 is 2.56 bits per heavy atom. The van der Waals surface area contributed by atoms with Crippen molar-refractivity contribution in [2.24, 2.45) is 0 Å². The third-order valence-corrected chi connectivity index (χ3v) is 5.74. The molecule has 1 saturated heterocycles. The van der Waals surface area contributed by atoms with Gasteiger partial charge >= 0.3 is 6.09 Å². The van der Waals surface area contributed by atoms with Gasteiger partial charge in [0.2, 0.25) is 0 Å². The van der Waals surface area contributed by atoms with Gasteiger partial charge in [-0.15, -0.1) is 0 Å². The quantitative estimate of drug-likeness (QED) is 0.733. The molecule has 1 fully saturated rings. The van der Waals surface area contributed by atoms with Crippen LogP contribution in [0, 0.1) is 0 Å². The van der Waals surface area contributed by atoms with Crippen LogP contribution in [0.25, 0.3) is 0 Å². The normalized spacial score (nSPS) is 21.4. The average molecular weight is 417 g/mol. The number of benzene rings is 1. The number of halogens is 2. The number of thiocarbonyl (C=S) groups is 1. The van der Waals surface area contributed by atoms with Gasteiger partial charge in [-0.05, 0) is 24.3 Å². The second-order valence-corrected chi connectivity index (χ2v) is 8.47. The molecular weight excluding hydrogens is 400 g/mol. The van der Waals surface area contributed by atoms with E-state index in [1.807, 2.05) is 0 Å². The second kappa shape index (κ2) is 7.77. The van der Waals surface area contributed by atoms with Crippen LogP contribution >= 0.6 is 12.2 Å². The van der Waals surface area contributed by atoms with Crippen molar-refractivity contribution in [3.63, 3.8) is 0 Å². The molecule has 27 heavy (non-hydrogen) atoms. The maximum Gasteiger partial charge on any atom is 0.414 e. The van der Waals surface area contributed by atoms with Gasteiger partial charge in [0.15, 0.2) is 9.84 Å². The Kier molecular flexibility index (Phi) is 5.61. The Morgan fingerprint density at radius 1 is 1.30 bits per heavy atom. The van der Waals surface area contributed by atoms with Gasteiger partial charge < -0.3 is 15.0 Å². The van der Waals surface area contributed by atoms with Crippen LogP contribution in [0.4, 0.5) is 25.0 Å². The van der Waals surface area contributed by atoms with E-state index in [0.29, 0.717) is 12.2 Å². The minimum absolute atomic E-state index is 0.0105. The molecule has 0 unspecified atom stereocenters. The summed E-state index contributed by atoms with van der Waals surface area (Å²) >= 11 is 4.49. The Hall–Kier alpha value is -2.27. The SMILES string of the molecule is O=C1O[C@@H](CNC(=S)C(F)F)CN1c1ccc(N2C=CS(=O)(=O)CC2)cc1. The van der Waals surface area contributed by atoms with Crippen LogP contribution in [0.1, 0.15) is 0 Å². The second-order valence-electron chi connectivity index (χ2n) is 6.02. The third kappa shape index (κ3) is 4.72. The first-order chi connectivity index (χ1) is 12.7. The first-order valence-electron chi connectivity index (χ1n) is 8.07. The molecule has 11 heteroatoms. The van der Waals surface area contributed by atoms with Gasteiger partial charge in [0, 0.05) is 29.5 Å². The molecule has 0 bridgehead atoms. The number of anilines is 2. The topological polar surface area (TPSA) is 79.0 Å². The van der Waals surface area contributed by atoms with E-state index in [1.54, 1.807) is 29.2 Å². The van der Waals surface area contributed by atoms with E-state index in [1.165, 1.54) is 16.5 Å². The molecule has 0 saturated carbocycles. The number of carbonyl (C=O) groups excluding carboxylic acids is 1. The summed E-state index contributed by atoms with van der Waals surface area (Å²) in [6, 6.07) is 6.96. The van der Waals surface area contributed by atoms with Crippen molar-refractivity contribution in [1.29, 1.82) is 0 Å². The number of amides is 1. The maximum absolute atomic E-state index is 12.4. The number of cyclic esters (lactones) is 1. The van der Waals surface area contributed by atoms with Gasteiger partial charge in [0.05, 0.1) is 18.8 Å². The third-order valence-electron chi connectivity index (χ3n) is 4.13. The standard InChI is InChI=1S/C16H17F2N3O4S2/c17-14(18)15(26)19-9-13-10-21(16(22)25-13)12-3-1-11(2-4-12)20-5-7-27(23,24)8-6-20/h1-5,7,13-14H,6,8-10H2,(H,19,26)/t13-/m0/s1. The van der Waals surface area contributed by atoms with E-state index in [4.69, 9.17) is 4.74 Å². The fourth-order valence-electron chi connectivity index (χ4n) is 2.70. The first-order valence-corrected chi connectivity index (χ1v) is 10.2. The van der Waals surface area contributed by atoms with Crippen molar-refractivity contribution >= 4 is 44.5 Å². The molecule has 146 valence electrons. The number of nitrogens with zero attached hydrogens (tertiary/aromatic N) is 2. The highest BCUT2D eigenvalue weighted by molar-refractivity contribution is 7.94. The Labute approximate surface area is 160 Å². The Bertz CT molecular complexity index is 859. The van der Waals surface area contributed by atoms with Crippen LogP contribution in [0.5, 0.6) is 0 Å². The van der Waals surface area contributed by atoms with E-state index >= 15 is 0 Å². The summed E-state index contributed by atoms with van der Waals surface area (Å²) in [5, 5.41) is 3.56. The number of rotatable bonds is 5. The van der Waals surface area contributed by atoms with Crippen LogP contribution in [0.3, 0.4) is 0 Å². The van der Waals surface area contributed by atoms with Crippen molar-refractivity contribution < 1.29 is 26.7 Å². The molecule has 3 rings (SSSR count). The van der Waals surface area contributed by atoms with Gasteiger partial charge in [-0.25, -0.2) is 22.0 Å². The summed E-state index contributed by atoms with van der Waals surface area (Å²) in [4.78, 5) is 14.6. The molecule has 7 nitrogen and oxygen atoms in total. The van der Waals surface area contributed by atoms with Crippen LogP contribution in [0.15, 0.2) is 35.9 Å². The molecule has 1 amide bonds. The predicted molar refractivity (Wildman–Crippen MR) is 101 cm³/mol. The molecule has 1 N–H and O–H groups in total. The summed E-state index contributed by atoms with van der Waals surface area (Å²) in [7, 11) is -3.13. The monoisotopic (exact) mass is 417 g/mol. The zero-order chi connectivity index (χ0) is 19.6. The van der Waals surface area contributed by atoms with Crippen molar-refractivity contribution in [1.82, 2.24) is 5.32 Å². The highest BCUT2D eigenvalue weighted by atomic mass is 32.2. The smallest absolute Gasteiger partial charge is 0.414 e. The number of nitrogens with one attached hydrogen (secondary N) is 1. The van der Waals surface area contributed by atoms with Crippen molar-refractivity contribution in [3.8, 4) is 0 Å². The van der Waals surface area contributed by atoms with E-state index in [2.05, 4.69) is 17.5 Å². The van der Waals surface area contributed by atoms with Crippen LogP contribution in [0.2, 0.25) is 0 Å². The summed E-state index contributed by atoms with van der Waals surface area (Å²) in [5.74, 6) is 0.0405. The zero-order valence-corrected chi connectivity index (χ0v) is 15.7. The molecule has 1 aromatic carbocycles. The largest absolute Gasteiger partial charge is 0.442 e. The molecule has 2 aliphatic heterocycles. The summed E-state index contributed by atoms with van der Waals surface area (Å²) in [6.45, 7) is 0.567. The van der Waals surface area contributed by atoms with Gasteiger partial charge in [-0.1, -0.05) is 12.2 Å². The molecule has 1 aromatic rings. The van der Waals surface area contributed by atoms with Gasteiger partial charge in [0.25, 0.3) is 6.43 Å². The first kappa shape index (κ1) is 19.5. The Morgan fingerprint density at radius 2 is 1.96 bits per heavy atom. The summed E-state index contributed by atoms with van der Waals surface area (Å²) < 4.78 is 52.8. The number of carbonyl (C=O) groups is 1. The van der Waals surface area contributed by atoms with Crippen LogP contribution in [-0.4, -0.2) is 57.4 Å². The molecule has 0 radical (unpaired) electrons. The van der Waals surface area contributed by atoms with E-state index in [9.17, 15) is 22.0 Å². The minimum atomic E-state index is -3.13. The molecule has 0 aliphatic carbocycles. The van der Waals surface area contributed by atoms with Crippen molar-refractivity contribution in [2.45, 2.75) is 12.5 Å². The fourth-order valence-corrected chi connectivity index (χ4v) is 3.71. The average Bonchev–Trinajstić information content (AvgIpc) is 3.00. The van der Waals surface area contributed by atoms with E-state index < -0.39 is 33.4 Å². The van der Waals surface area contributed by atoms with Gasteiger partial charge in [-0.2, -0.15) is 0 Å². The summed E-state index contributed by atoms with van der Waals surface area (Å²) in [5.41, 5.74) is 1.38. The maximum atomic E-state index is 12.4. The molecule has 1 atom stereocenters. The molecule has 2 aliphatic rings. The fraction of sp³-hybridized carbons (Fsp3) is 0.375. The number of ether oxygens (including phenoxy) is 1. The molecule has 0 aromatic heterocycles. The van der Waals surface area contributed by atoms with Gasteiger partial charge in [-0.3, -0.25) is 4.90 Å². The van der Waals surface area contributed by atoms with Gasteiger partial charge in [0.1, 0.15) is 11.1 Å². The number of alkyl halides is 2. The lowest BCUT2D eigenvalue weighted by atomic mass is 10.2. The number of hydrogen-bond donors (Lipinski definition) is 1. The molecule has 0 spiro atoms. The Balaban J connectivity index is 1.62. The lowest BCUT2D eigenvalue weighted by Gasteiger charge is -2.24.